The monoisotopic (exact) mass is 368 g/mol. The zero-order valence-electron chi connectivity index (χ0n) is 13.0. The third kappa shape index (κ3) is 4.07. The molecule has 4 nitrogen and oxygen atoms in total. The van der Waals surface area contributed by atoms with Gasteiger partial charge in [-0.3, -0.25) is 0 Å². The lowest BCUT2D eigenvalue weighted by Crippen LogP contribution is -2.01. The summed E-state index contributed by atoms with van der Waals surface area (Å²) in [5.74, 6) is 1.31. The Labute approximate surface area is 144 Å². The number of aromatic nitrogens is 2. The Morgan fingerprint density at radius 1 is 0.957 bits per heavy atom. The summed E-state index contributed by atoms with van der Waals surface area (Å²) >= 11 is 3.46. The van der Waals surface area contributed by atoms with E-state index >= 15 is 0 Å². The molecule has 0 aliphatic heterocycles. The SMILES string of the molecule is Cc1ccc(Nc2nccc(Nc3cccc(Br)c3)n2)c(C)c1. The van der Waals surface area contributed by atoms with Gasteiger partial charge in [-0.2, -0.15) is 4.98 Å². The topological polar surface area (TPSA) is 49.8 Å². The van der Waals surface area contributed by atoms with E-state index in [0.29, 0.717) is 5.95 Å². The molecule has 0 unspecified atom stereocenters. The summed E-state index contributed by atoms with van der Waals surface area (Å²) in [7, 11) is 0. The molecule has 0 fully saturated rings. The zero-order chi connectivity index (χ0) is 16.2. The summed E-state index contributed by atoms with van der Waals surface area (Å²) in [4.78, 5) is 8.79. The molecule has 1 heterocycles. The van der Waals surface area contributed by atoms with E-state index in [9.17, 15) is 0 Å². The molecule has 0 saturated heterocycles. The van der Waals surface area contributed by atoms with Crippen LogP contribution < -0.4 is 10.6 Å². The van der Waals surface area contributed by atoms with E-state index in [-0.39, 0.29) is 0 Å². The van der Waals surface area contributed by atoms with Gasteiger partial charge in [0.15, 0.2) is 0 Å². The highest BCUT2D eigenvalue weighted by atomic mass is 79.9. The first kappa shape index (κ1) is 15.5. The molecule has 1 aromatic heterocycles. The van der Waals surface area contributed by atoms with E-state index in [1.807, 2.05) is 36.4 Å². The van der Waals surface area contributed by atoms with Crippen LogP contribution in [-0.2, 0) is 0 Å². The Morgan fingerprint density at radius 3 is 2.61 bits per heavy atom. The van der Waals surface area contributed by atoms with E-state index in [1.54, 1.807) is 6.20 Å². The molecule has 0 bridgehead atoms. The van der Waals surface area contributed by atoms with Crippen molar-refractivity contribution in [3.8, 4) is 0 Å². The van der Waals surface area contributed by atoms with Crippen molar-refractivity contribution >= 4 is 39.1 Å². The fourth-order valence-electron chi connectivity index (χ4n) is 2.28. The molecular weight excluding hydrogens is 352 g/mol. The summed E-state index contributed by atoms with van der Waals surface area (Å²) in [5, 5.41) is 6.54. The number of aryl methyl sites for hydroxylation is 2. The van der Waals surface area contributed by atoms with Crippen LogP contribution in [0.4, 0.5) is 23.1 Å². The molecule has 5 heteroatoms. The van der Waals surface area contributed by atoms with Gasteiger partial charge in [0.2, 0.25) is 5.95 Å². The van der Waals surface area contributed by atoms with Crippen molar-refractivity contribution in [3.05, 3.63) is 70.3 Å². The Balaban J connectivity index is 1.79. The minimum Gasteiger partial charge on any atom is -0.340 e. The highest BCUT2D eigenvalue weighted by Crippen LogP contribution is 2.22. The van der Waals surface area contributed by atoms with Gasteiger partial charge < -0.3 is 10.6 Å². The standard InChI is InChI=1S/C18H17BrN4/c1-12-6-7-16(13(2)10-12)22-18-20-9-8-17(23-18)21-15-5-3-4-14(19)11-15/h3-11H,1-2H3,(H2,20,21,22,23). The number of nitrogens with one attached hydrogen (secondary N) is 2. The van der Waals surface area contributed by atoms with Crippen LogP contribution in [0, 0.1) is 13.8 Å². The second-order valence-electron chi connectivity index (χ2n) is 5.34. The van der Waals surface area contributed by atoms with Gasteiger partial charge in [0.25, 0.3) is 0 Å². The predicted molar refractivity (Wildman–Crippen MR) is 98.7 cm³/mol. The molecule has 0 spiro atoms. The van der Waals surface area contributed by atoms with Crippen LogP contribution >= 0.6 is 15.9 Å². The summed E-state index contributed by atoms with van der Waals surface area (Å²) in [6.45, 7) is 4.15. The molecule has 2 N–H and O–H groups in total. The quantitative estimate of drug-likeness (QED) is 0.652. The van der Waals surface area contributed by atoms with Crippen LogP contribution in [0.2, 0.25) is 0 Å². The second-order valence-corrected chi connectivity index (χ2v) is 6.26. The van der Waals surface area contributed by atoms with Gasteiger partial charge >= 0.3 is 0 Å². The van der Waals surface area contributed by atoms with Crippen LogP contribution in [0.1, 0.15) is 11.1 Å². The normalized spacial score (nSPS) is 10.4. The minimum atomic E-state index is 0.567. The van der Waals surface area contributed by atoms with Gasteiger partial charge in [-0.25, -0.2) is 4.98 Å². The molecule has 0 atom stereocenters. The maximum atomic E-state index is 4.51. The molecule has 116 valence electrons. The number of hydrogen-bond donors (Lipinski definition) is 2. The summed E-state index contributed by atoms with van der Waals surface area (Å²) in [5.41, 5.74) is 4.38. The van der Waals surface area contributed by atoms with E-state index in [2.05, 4.69) is 62.5 Å². The fourth-order valence-corrected chi connectivity index (χ4v) is 2.68. The first-order valence-corrected chi connectivity index (χ1v) is 8.09. The summed E-state index contributed by atoms with van der Waals surface area (Å²) < 4.78 is 1.02. The number of benzene rings is 2. The van der Waals surface area contributed by atoms with Crippen molar-refractivity contribution in [1.82, 2.24) is 9.97 Å². The first-order chi connectivity index (χ1) is 11.1. The fraction of sp³-hybridized carbons (Fsp3) is 0.111. The van der Waals surface area contributed by atoms with Gasteiger partial charge in [-0.15, -0.1) is 0 Å². The van der Waals surface area contributed by atoms with Crippen molar-refractivity contribution in [3.63, 3.8) is 0 Å². The molecule has 3 rings (SSSR count). The van der Waals surface area contributed by atoms with Crippen LogP contribution in [0.15, 0.2) is 59.2 Å². The smallest absolute Gasteiger partial charge is 0.229 e. The van der Waals surface area contributed by atoms with E-state index in [0.717, 1.165) is 21.7 Å². The average molecular weight is 369 g/mol. The number of halogens is 1. The largest absolute Gasteiger partial charge is 0.340 e. The molecule has 3 aromatic rings. The van der Waals surface area contributed by atoms with Crippen molar-refractivity contribution < 1.29 is 0 Å². The minimum absolute atomic E-state index is 0.567. The molecule has 0 saturated carbocycles. The van der Waals surface area contributed by atoms with Crippen molar-refractivity contribution in [2.45, 2.75) is 13.8 Å². The lowest BCUT2D eigenvalue weighted by Gasteiger charge is -2.11. The van der Waals surface area contributed by atoms with E-state index < -0.39 is 0 Å². The molecular formula is C18H17BrN4. The number of anilines is 4. The maximum absolute atomic E-state index is 4.51. The van der Waals surface area contributed by atoms with Crippen LogP contribution in [-0.4, -0.2) is 9.97 Å². The molecule has 0 amide bonds. The molecule has 0 aliphatic carbocycles. The van der Waals surface area contributed by atoms with Gasteiger partial charge in [0, 0.05) is 22.0 Å². The number of nitrogens with zero attached hydrogens (tertiary/aromatic N) is 2. The van der Waals surface area contributed by atoms with E-state index in [4.69, 9.17) is 0 Å². The summed E-state index contributed by atoms with van der Waals surface area (Å²) in [6.07, 6.45) is 1.74. The second kappa shape index (κ2) is 6.79. The predicted octanol–water partition coefficient (Wildman–Crippen LogP) is 5.34. The third-order valence-corrected chi connectivity index (χ3v) is 3.87. The molecule has 0 aliphatic rings. The van der Waals surface area contributed by atoms with Crippen molar-refractivity contribution in [1.29, 1.82) is 0 Å². The summed E-state index contributed by atoms with van der Waals surface area (Å²) in [6, 6.07) is 16.0. The Bertz CT molecular complexity index is 833. The molecule has 23 heavy (non-hydrogen) atoms. The lowest BCUT2D eigenvalue weighted by molar-refractivity contribution is 1.16. The van der Waals surface area contributed by atoms with Crippen LogP contribution in [0.3, 0.4) is 0 Å². The Hall–Kier alpha value is -2.40. The van der Waals surface area contributed by atoms with Crippen molar-refractivity contribution in [2.24, 2.45) is 0 Å². The average Bonchev–Trinajstić information content (AvgIpc) is 2.51. The van der Waals surface area contributed by atoms with Crippen molar-refractivity contribution in [2.75, 3.05) is 10.6 Å². The lowest BCUT2D eigenvalue weighted by atomic mass is 10.1. The molecule has 0 radical (unpaired) electrons. The zero-order valence-corrected chi connectivity index (χ0v) is 14.6. The Kier molecular flexibility index (Phi) is 4.57. The van der Waals surface area contributed by atoms with E-state index in [1.165, 1.54) is 11.1 Å². The third-order valence-electron chi connectivity index (χ3n) is 3.38. The van der Waals surface area contributed by atoms with Crippen LogP contribution in [0.5, 0.6) is 0 Å². The van der Waals surface area contributed by atoms with Gasteiger partial charge in [0.1, 0.15) is 5.82 Å². The number of hydrogen-bond acceptors (Lipinski definition) is 4. The highest BCUT2D eigenvalue weighted by molar-refractivity contribution is 9.10. The van der Waals surface area contributed by atoms with Gasteiger partial charge in [-0.1, -0.05) is 39.7 Å². The first-order valence-electron chi connectivity index (χ1n) is 7.30. The molecule has 2 aromatic carbocycles. The van der Waals surface area contributed by atoms with Crippen LogP contribution in [0.25, 0.3) is 0 Å². The number of rotatable bonds is 4. The highest BCUT2D eigenvalue weighted by Gasteiger charge is 2.03. The maximum Gasteiger partial charge on any atom is 0.229 e. The van der Waals surface area contributed by atoms with Gasteiger partial charge in [0.05, 0.1) is 0 Å². The van der Waals surface area contributed by atoms with Gasteiger partial charge in [-0.05, 0) is 49.7 Å². The Morgan fingerprint density at radius 2 is 1.83 bits per heavy atom.